The third-order valence-electron chi connectivity index (χ3n) is 8.42. The van der Waals surface area contributed by atoms with Gasteiger partial charge in [0.25, 0.3) is 0 Å². The predicted molar refractivity (Wildman–Crippen MR) is 147 cm³/mol. The minimum Gasteiger partial charge on any atom is -0.496 e. The van der Waals surface area contributed by atoms with Crippen molar-refractivity contribution in [1.29, 1.82) is 0 Å². The maximum absolute atomic E-state index is 9.85. The number of aliphatic hydroxyl groups is 1. The standard InChI is InChI=1S/C33H30NO4/c1-34-17-28-24(13-12-23(18-35)32(28)36-2)26-15-14-25-27(31(26)34)16-29-33(38-19-37-29)30(25)22-10-8-21(9-11-22)20-6-4-3-5-7-20/h3-17,25-27,31,35H,18-19H2,1-2H3/q+1. The second-order valence-electron chi connectivity index (χ2n) is 10.3. The van der Waals surface area contributed by atoms with Gasteiger partial charge in [0.2, 0.25) is 6.79 Å². The minimum absolute atomic E-state index is 0.0495. The third kappa shape index (κ3) is 3.46. The Balaban J connectivity index is 1.32. The van der Waals surface area contributed by atoms with Crippen molar-refractivity contribution >= 4 is 11.8 Å². The van der Waals surface area contributed by atoms with Gasteiger partial charge < -0.3 is 19.3 Å². The van der Waals surface area contributed by atoms with Crippen molar-refractivity contribution in [3.8, 4) is 16.9 Å². The van der Waals surface area contributed by atoms with Crippen LogP contribution in [0.1, 0.15) is 28.2 Å². The van der Waals surface area contributed by atoms with Crippen molar-refractivity contribution in [2.75, 3.05) is 21.0 Å². The van der Waals surface area contributed by atoms with Gasteiger partial charge in [0, 0.05) is 17.1 Å². The van der Waals surface area contributed by atoms with Gasteiger partial charge in [-0.15, -0.1) is 0 Å². The van der Waals surface area contributed by atoms with Gasteiger partial charge in [-0.05, 0) is 28.3 Å². The van der Waals surface area contributed by atoms with E-state index in [9.17, 15) is 5.11 Å². The molecule has 5 nitrogen and oxygen atoms in total. The van der Waals surface area contributed by atoms with Gasteiger partial charge in [-0.1, -0.05) is 78.9 Å². The van der Waals surface area contributed by atoms with Crippen LogP contribution in [0.25, 0.3) is 16.7 Å². The number of hydrogen-bond acceptors (Lipinski definition) is 4. The molecule has 190 valence electrons. The first kappa shape index (κ1) is 23.1. The molecule has 3 aromatic rings. The summed E-state index contributed by atoms with van der Waals surface area (Å²) in [6.45, 7) is 0.196. The average molecular weight is 505 g/mol. The fourth-order valence-electron chi connectivity index (χ4n) is 6.72. The maximum atomic E-state index is 9.85. The zero-order chi connectivity index (χ0) is 25.8. The van der Waals surface area contributed by atoms with E-state index in [1.54, 1.807) is 7.11 Å². The minimum atomic E-state index is -0.0495. The Morgan fingerprint density at radius 1 is 0.895 bits per heavy atom. The molecule has 0 bridgehead atoms. The van der Waals surface area contributed by atoms with Crippen molar-refractivity contribution in [2.24, 2.45) is 11.8 Å². The van der Waals surface area contributed by atoms with Crippen molar-refractivity contribution in [2.45, 2.75) is 18.6 Å². The highest BCUT2D eigenvalue weighted by Crippen LogP contribution is 2.51. The van der Waals surface area contributed by atoms with Crippen LogP contribution in [0.15, 0.2) is 96.5 Å². The lowest BCUT2D eigenvalue weighted by molar-refractivity contribution is -0.546. The molecule has 4 unspecified atom stereocenters. The summed E-state index contributed by atoms with van der Waals surface area (Å²) in [7, 11) is 3.81. The van der Waals surface area contributed by atoms with Crippen LogP contribution < -0.4 is 4.74 Å². The fraction of sp³-hybridized carbons (Fsp3) is 0.242. The molecule has 4 atom stereocenters. The van der Waals surface area contributed by atoms with E-state index in [1.165, 1.54) is 22.3 Å². The van der Waals surface area contributed by atoms with Gasteiger partial charge in [-0.25, -0.2) is 4.58 Å². The lowest BCUT2D eigenvalue weighted by Gasteiger charge is -2.40. The zero-order valence-electron chi connectivity index (χ0n) is 21.5. The number of methoxy groups -OCH3 is 1. The molecule has 5 heteroatoms. The van der Waals surface area contributed by atoms with Crippen LogP contribution in [-0.4, -0.2) is 42.9 Å². The first-order chi connectivity index (χ1) is 18.7. The van der Waals surface area contributed by atoms with E-state index >= 15 is 0 Å². The Hall–Kier alpha value is -4.09. The molecule has 0 radical (unpaired) electrons. The summed E-state index contributed by atoms with van der Waals surface area (Å²) >= 11 is 0. The highest BCUT2D eigenvalue weighted by Gasteiger charge is 2.50. The lowest BCUT2D eigenvalue weighted by atomic mass is 9.65. The molecule has 0 spiro atoms. The number of nitrogens with zero attached hydrogens (tertiary/aromatic N) is 1. The van der Waals surface area contributed by atoms with Crippen LogP contribution >= 0.6 is 0 Å². The van der Waals surface area contributed by atoms with Crippen LogP contribution in [0, 0.1) is 11.8 Å². The quantitative estimate of drug-likeness (QED) is 0.377. The predicted octanol–water partition coefficient (Wildman–Crippen LogP) is 5.50. The Morgan fingerprint density at radius 2 is 1.63 bits per heavy atom. The summed E-state index contributed by atoms with van der Waals surface area (Å²) in [6, 6.07) is 23.6. The molecule has 2 aliphatic carbocycles. The molecular formula is C33H30NO4+. The van der Waals surface area contributed by atoms with Crippen LogP contribution in [0.4, 0.5) is 0 Å². The SMILES string of the molecule is COc1c(CO)ccc2c1C=[N+](C)C1C2C=CC2C(c3ccc(-c4ccccc4)cc3)=C3OCOC3=CC21. The van der Waals surface area contributed by atoms with Crippen molar-refractivity contribution in [1.82, 2.24) is 0 Å². The molecule has 1 fully saturated rings. The van der Waals surface area contributed by atoms with E-state index in [4.69, 9.17) is 14.2 Å². The summed E-state index contributed by atoms with van der Waals surface area (Å²) in [6.07, 6.45) is 9.14. The second kappa shape index (κ2) is 9.03. The number of likely N-dealkylation sites (N-methyl/N-ethyl adjacent to an activating group) is 1. The van der Waals surface area contributed by atoms with E-state index in [2.05, 4.69) is 90.7 Å². The van der Waals surface area contributed by atoms with Crippen molar-refractivity contribution < 1.29 is 23.9 Å². The number of benzene rings is 3. The number of ether oxygens (including phenoxy) is 3. The van der Waals surface area contributed by atoms with Crippen LogP contribution in [-0.2, 0) is 16.1 Å². The van der Waals surface area contributed by atoms with Gasteiger partial charge in [0.15, 0.2) is 23.8 Å². The van der Waals surface area contributed by atoms with Gasteiger partial charge in [-0.3, -0.25) is 0 Å². The Labute approximate surface area is 222 Å². The fourth-order valence-corrected chi connectivity index (χ4v) is 6.72. The maximum Gasteiger partial charge on any atom is 0.231 e. The smallest absolute Gasteiger partial charge is 0.231 e. The molecule has 2 heterocycles. The molecule has 1 saturated heterocycles. The Morgan fingerprint density at radius 3 is 2.39 bits per heavy atom. The molecule has 38 heavy (non-hydrogen) atoms. The van der Waals surface area contributed by atoms with E-state index in [0.717, 1.165) is 34.0 Å². The largest absolute Gasteiger partial charge is 0.496 e. The lowest BCUT2D eigenvalue weighted by Crippen LogP contribution is -2.45. The number of hydrogen-bond donors (Lipinski definition) is 1. The Bertz CT molecular complexity index is 1530. The number of fused-ring (bicyclic) bond motifs is 6. The first-order valence-corrected chi connectivity index (χ1v) is 13.1. The van der Waals surface area contributed by atoms with Crippen LogP contribution in [0.3, 0.4) is 0 Å². The van der Waals surface area contributed by atoms with E-state index in [0.29, 0.717) is 0 Å². The highest BCUT2D eigenvalue weighted by molar-refractivity contribution is 5.85. The van der Waals surface area contributed by atoms with Gasteiger partial charge >= 0.3 is 0 Å². The molecule has 7 rings (SSSR count). The second-order valence-corrected chi connectivity index (χ2v) is 10.3. The summed E-state index contributed by atoms with van der Waals surface area (Å²) in [5.74, 6) is 3.00. The van der Waals surface area contributed by atoms with E-state index in [1.807, 2.05) is 12.1 Å². The van der Waals surface area contributed by atoms with Gasteiger partial charge in [0.05, 0.1) is 31.1 Å². The summed E-state index contributed by atoms with van der Waals surface area (Å²) in [4.78, 5) is 0. The molecule has 2 aliphatic heterocycles. The van der Waals surface area contributed by atoms with E-state index in [-0.39, 0.29) is 37.2 Å². The zero-order valence-corrected chi connectivity index (χ0v) is 21.5. The first-order valence-electron chi connectivity index (χ1n) is 13.1. The summed E-state index contributed by atoms with van der Waals surface area (Å²) in [5.41, 5.74) is 7.82. The topological polar surface area (TPSA) is 50.9 Å². The summed E-state index contributed by atoms with van der Waals surface area (Å²) < 4.78 is 20.1. The average Bonchev–Trinajstić information content (AvgIpc) is 3.44. The molecule has 3 aromatic carbocycles. The number of aliphatic hydroxyl groups excluding tert-OH is 1. The highest BCUT2D eigenvalue weighted by atomic mass is 16.7. The molecule has 0 saturated carbocycles. The molecular weight excluding hydrogens is 474 g/mol. The molecule has 1 N–H and O–H groups in total. The van der Waals surface area contributed by atoms with Crippen LogP contribution in [0.2, 0.25) is 0 Å². The molecule has 0 amide bonds. The number of allylic oxidation sites excluding steroid dienone is 2. The van der Waals surface area contributed by atoms with Crippen molar-refractivity contribution in [3.63, 3.8) is 0 Å². The molecule has 0 aromatic heterocycles. The third-order valence-corrected chi connectivity index (χ3v) is 8.42. The van der Waals surface area contributed by atoms with Gasteiger partial charge in [0.1, 0.15) is 12.8 Å². The van der Waals surface area contributed by atoms with Crippen molar-refractivity contribution in [3.05, 3.63) is 119 Å². The van der Waals surface area contributed by atoms with Crippen LogP contribution in [0.5, 0.6) is 5.75 Å². The Kier molecular flexibility index (Phi) is 5.48. The summed E-state index contributed by atoms with van der Waals surface area (Å²) in [5, 5.41) is 9.85. The van der Waals surface area contributed by atoms with E-state index < -0.39 is 0 Å². The monoisotopic (exact) mass is 504 g/mol. The normalized spacial score (nSPS) is 24.7. The number of rotatable bonds is 4. The van der Waals surface area contributed by atoms with Gasteiger partial charge in [-0.2, -0.15) is 0 Å². The molecule has 4 aliphatic rings.